The van der Waals surface area contributed by atoms with Gasteiger partial charge >= 0.3 is 6.47 Å². The van der Waals surface area contributed by atoms with Crippen molar-refractivity contribution < 1.29 is 28.9 Å². The third-order valence-electron chi connectivity index (χ3n) is 6.24. The van der Waals surface area contributed by atoms with Crippen LogP contribution in [0.1, 0.15) is 13.8 Å². The second kappa shape index (κ2) is 11.4. The molecule has 0 saturated carbocycles. The van der Waals surface area contributed by atoms with Crippen molar-refractivity contribution in [1.29, 1.82) is 0 Å². The highest BCUT2D eigenvalue weighted by Gasteiger charge is 2.25. The molecule has 3 heterocycles. The highest BCUT2D eigenvalue weighted by Crippen LogP contribution is 2.32. The SMILES string of the molecule is COc1cc(OC)c2c(=O)n(OC=O)c(-c3ccc(OCCO)c(N4CCN(C(C)C)CC4)n3)nc2c1. The summed E-state index contributed by atoms with van der Waals surface area (Å²) >= 11 is 0. The van der Waals surface area contributed by atoms with Gasteiger partial charge in [0.25, 0.3) is 5.56 Å². The Morgan fingerprint density at radius 1 is 1.05 bits per heavy atom. The number of pyridine rings is 1. The number of aliphatic hydroxyl groups excluding tert-OH is 1. The molecule has 0 radical (unpaired) electrons. The fourth-order valence-corrected chi connectivity index (χ4v) is 4.32. The van der Waals surface area contributed by atoms with Gasteiger partial charge in [0.15, 0.2) is 17.4 Å². The largest absolute Gasteiger partial charge is 0.497 e. The van der Waals surface area contributed by atoms with Crippen molar-refractivity contribution in [1.82, 2.24) is 19.6 Å². The van der Waals surface area contributed by atoms with Crippen molar-refractivity contribution in [2.75, 3.05) is 58.5 Å². The number of hydrogen-bond donors (Lipinski definition) is 1. The van der Waals surface area contributed by atoms with Crippen LogP contribution in [0.4, 0.5) is 5.82 Å². The third kappa shape index (κ3) is 5.30. The van der Waals surface area contributed by atoms with E-state index in [4.69, 9.17) is 24.0 Å². The molecule has 4 rings (SSSR count). The van der Waals surface area contributed by atoms with Gasteiger partial charge in [-0.1, -0.05) is 0 Å². The fraction of sp³-hybridized carbons (Fsp3) is 0.440. The molecule has 1 aliphatic rings. The van der Waals surface area contributed by atoms with Crippen LogP contribution in [-0.4, -0.2) is 90.8 Å². The number of carbonyl (C=O) groups excluding carboxylic acids is 1. The Morgan fingerprint density at radius 2 is 1.81 bits per heavy atom. The van der Waals surface area contributed by atoms with Crippen LogP contribution in [-0.2, 0) is 4.79 Å². The molecule has 0 atom stereocenters. The fourth-order valence-electron chi connectivity index (χ4n) is 4.32. The number of carbonyl (C=O) groups is 1. The van der Waals surface area contributed by atoms with Crippen LogP contribution in [0.3, 0.4) is 0 Å². The average Bonchev–Trinajstić information content (AvgIpc) is 2.92. The summed E-state index contributed by atoms with van der Waals surface area (Å²) in [5.74, 6) is 1.73. The number of anilines is 1. The number of aliphatic hydroxyl groups is 1. The first-order valence-corrected chi connectivity index (χ1v) is 12.0. The number of hydrogen-bond acceptors (Lipinski definition) is 11. The summed E-state index contributed by atoms with van der Waals surface area (Å²) in [6.45, 7) is 7.53. The lowest BCUT2D eigenvalue weighted by molar-refractivity contribution is -0.129. The smallest absolute Gasteiger partial charge is 0.321 e. The van der Waals surface area contributed by atoms with Gasteiger partial charge in [-0.3, -0.25) is 14.5 Å². The number of ether oxygens (including phenoxy) is 3. The Morgan fingerprint density at radius 3 is 2.43 bits per heavy atom. The van der Waals surface area contributed by atoms with E-state index < -0.39 is 5.56 Å². The molecule has 12 nitrogen and oxygen atoms in total. The van der Waals surface area contributed by atoms with E-state index in [-0.39, 0.29) is 42.2 Å². The molecular formula is C25H31N5O7. The molecule has 0 spiro atoms. The highest BCUT2D eigenvalue weighted by molar-refractivity contribution is 5.87. The zero-order valence-corrected chi connectivity index (χ0v) is 21.3. The Labute approximate surface area is 213 Å². The van der Waals surface area contributed by atoms with Crippen LogP contribution in [0, 0.1) is 0 Å². The van der Waals surface area contributed by atoms with Crippen molar-refractivity contribution >= 4 is 23.2 Å². The Kier molecular flexibility index (Phi) is 8.09. The van der Waals surface area contributed by atoms with Crippen LogP contribution in [0.5, 0.6) is 17.2 Å². The highest BCUT2D eigenvalue weighted by atomic mass is 16.7. The zero-order chi connectivity index (χ0) is 26.5. The first kappa shape index (κ1) is 26.2. The first-order valence-electron chi connectivity index (χ1n) is 12.0. The van der Waals surface area contributed by atoms with E-state index in [1.807, 2.05) is 0 Å². The van der Waals surface area contributed by atoms with Crippen LogP contribution in [0.15, 0.2) is 29.1 Å². The molecule has 198 valence electrons. The third-order valence-corrected chi connectivity index (χ3v) is 6.24. The van der Waals surface area contributed by atoms with E-state index in [0.29, 0.717) is 42.1 Å². The number of nitrogens with zero attached hydrogens (tertiary/aromatic N) is 5. The first-order chi connectivity index (χ1) is 17.9. The number of methoxy groups -OCH3 is 2. The number of fused-ring (bicyclic) bond motifs is 1. The second-order valence-electron chi connectivity index (χ2n) is 8.67. The number of benzene rings is 1. The molecule has 1 aromatic carbocycles. The molecule has 2 aromatic heterocycles. The molecule has 0 amide bonds. The monoisotopic (exact) mass is 513 g/mol. The number of rotatable bonds is 10. The summed E-state index contributed by atoms with van der Waals surface area (Å²) in [4.78, 5) is 43.7. The quantitative estimate of drug-likeness (QED) is 0.389. The molecule has 37 heavy (non-hydrogen) atoms. The molecular weight excluding hydrogens is 482 g/mol. The van der Waals surface area contributed by atoms with E-state index in [0.717, 1.165) is 17.8 Å². The maximum Gasteiger partial charge on any atom is 0.321 e. The van der Waals surface area contributed by atoms with Gasteiger partial charge in [-0.2, -0.15) is 0 Å². The minimum atomic E-state index is -0.638. The number of piperazine rings is 1. The van der Waals surface area contributed by atoms with Gasteiger partial charge in [-0.15, -0.1) is 4.73 Å². The summed E-state index contributed by atoms with van der Waals surface area (Å²) in [5, 5.41) is 9.41. The van der Waals surface area contributed by atoms with Crippen molar-refractivity contribution in [3.05, 3.63) is 34.6 Å². The van der Waals surface area contributed by atoms with E-state index in [1.54, 1.807) is 24.3 Å². The van der Waals surface area contributed by atoms with Crippen molar-refractivity contribution in [3.63, 3.8) is 0 Å². The summed E-state index contributed by atoms with van der Waals surface area (Å²) in [5.41, 5.74) is -0.0576. The van der Waals surface area contributed by atoms with Gasteiger partial charge in [0.1, 0.15) is 29.2 Å². The van der Waals surface area contributed by atoms with Gasteiger partial charge in [-0.05, 0) is 26.0 Å². The summed E-state index contributed by atoms with van der Waals surface area (Å²) in [7, 11) is 2.92. The molecule has 1 N–H and O–H groups in total. The molecule has 1 aliphatic heterocycles. The van der Waals surface area contributed by atoms with Gasteiger partial charge in [-0.25, -0.2) is 9.97 Å². The molecule has 0 unspecified atom stereocenters. The maximum absolute atomic E-state index is 13.4. The van der Waals surface area contributed by atoms with E-state index in [9.17, 15) is 14.7 Å². The minimum Gasteiger partial charge on any atom is -0.497 e. The minimum absolute atomic E-state index is 0.0238. The van der Waals surface area contributed by atoms with Crippen LogP contribution in [0.25, 0.3) is 22.4 Å². The van der Waals surface area contributed by atoms with Gasteiger partial charge in [0, 0.05) is 44.4 Å². The van der Waals surface area contributed by atoms with E-state index in [1.165, 1.54) is 14.2 Å². The predicted octanol–water partition coefficient (Wildman–Crippen LogP) is 0.962. The summed E-state index contributed by atoms with van der Waals surface area (Å²) in [6.07, 6.45) is 0. The molecule has 1 fully saturated rings. The van der Waals surface area contributed by atoms with Crippen LogP contribution in [0.2, 0.25) is 0 Å². The Bertz CT molecular complexity index is 1320. The lowest BCUT2D eigenvalue weighted by atomic mass is 10.2. The zero-order valence-electron chi connectivity index (χ0n) is 21.3. The lowest BCUT2D eigenvalue weighted by Gasteiger charge is -2.38. The number of aromatic nitrogens is 3. The van der Waals surface area contributed by atoms with Gasteiger partial charge < -0.3 is 29.1 Å². The molecule has 12 heteroatoms. The molecule has 0 aliphatic carbocycles. The van der Waals surface area contributed by atoms with Gasteiger partial charge in [0.05, 0.1) is 26.3 Å². The van der Waals surface area contributed by atoms with Gasteiger partial charge in [0.2, 0.25) is 0 Å². The standard InChI is InChI=1S/C25H31N5O7/c1-16(2)28-7-9-29(10-8-28)24-20(36-12-11-31)6-5-18(26-24)23-27-19-13-17(34-3)14-21(35-4)22(19)25(33)30(23)37-15-32/h5-6,13-16,31H,7-12H2,1-4H3. The predicted molar refractivity (Wildman–Crippen MR) is 136 cm³/mol. The second-order valence-corrected chi connectivity index (χ2v) is 8.67. The van der Waals surface area contributed by atoms with E-state index >= 15 is 0 Å². The molecule has 1 saturated heterocycles. The normalized spacial score (nSPS) is 14.2. The summed E-state index contributed by atoms with van der Waals surface area (Å²) < 4.78 is 17.2. The van der Waals surface area contributed by atoms with Crippen molar-refractivity contribution in [2.45, 2.75) is 19.9 Å². The molecule has 0 bridgehead atoms. The molecule has 3 aromatic rings. The van der Waals surface area contributed by atoms with Crippen LogP contribution >= 0.6 is 0 Å². The summed E-state index contributed by atoms with van der Waals surface area (Å²) in [6, 6.07) is 6.90. The Hall–Kier alpha value is -3.90. The van der Waals surface area contributed by atoms with Crippen molar-refractivity contribution in [3.8, 4) is 28.8 Å². The maximum atomic E-state index is 13.4. The van der Waals surface area contributed by atoms with Crippen LogP contribution < -0.4 is 29.5 Å². The Balaban J connectivity index is 1.86. The van der Waals surface area contributed by atoms with Crippen molar-refractivity contribution in [2.24, 2.45) is 0 Å². The average molecular weight is 514 g/mol. The lowest BCUT2D eigenvalue weighted by Crippen LogP contribution is -2.49. The van der Waals surface area contributed by atoms with E-state index in [2.05, 4.69) is 28.6 Å². The topological polar surface area (TPSA) is 128 Å².